The van der Waals surface area contributed by atoms with Crippen LogP contribution in [-0.2, 0) is 17.9 Å². The molecule has 5 rings (SSSR count). The molecule has 160 valence electrons. The van der Waals surface area contributed by atoms with Crippen LogP contribution in [0.25, 0.3) is 11.3 Å². The highest BCUT2D eigenvalue weighted by Crippen LogP contribution is 2.45. The molecule has 0 bridgehead atoms. The van der Waals surface area contributed by atoms with Crippen molar-refractivity contribution in [2.24, 2.45) is 0 Å². The number of hydrogen-bond acceptors (Lipinski definition) is 4. The number of nitrogens with zero attached hydrogens (tertiary/aromatic N) is 2. The molecule has 2 heterocycles. The SMILES string of the molecule is COC(=O)c1cc2n(c1)CCN(C1CC1)c1cccc(OCc3cc(F)cc(F)c3)c1-2. The zero-order chi connectivity index (χ0) is 21.5. The Hall–Kier alpha value is -3.35. The topological polar surface area (TPSA) is 43.7 Å². The van der Waals surface area contributed by atoms with Crippen LogP contribution in [0.1, 0.15) is 28.8 Å². The largest absolute Gasteiger partial charge is 0.488 e. The molecule has 0 atom stereocenters. The maximum atomic E-state index is 13.6. The lowest BCUT2D eigenvalue weighted by Crippen LogP contribution is -2.28. The van der Waals surface area contributed by atoms with Gasteiger partial charge in [-0.15, -0.1) is 0 Å². The van der Waals surface area contributed by atoms with E-state index < -0.39 is 17.6 Å². The smallest absolute Gasteiger partial charge is 0.339 e. The van der Waals surface area contributed by atoms with Gasteiger partial charge in [-0.2, -0.15) is 0 Å². The van der Waals surface area contributed by atoms with E-state index in [1.807, 2.05) is 22.8 Å². The van der Waals surface area contributed by atoms with Crippen molar-refractivity contribution in [1.82, 2.24) is 4.57 Å². The summed E-state index contributed by atoms with van der Waals surface area (Å²) in [7, 11) is 1.36. The van der Waals surface area contributed by atoms with Gasteiger partial charge in [0.05, 0.1) is 29.6 Å². The van der Waals surface area contributed by atoms with Crippen LogP contribution < -0.4 is 9.64 Å². The van der Waals surface area contributed by atoms with Gasteiger partial charge in [0.1, 0.15) is 24.0 Å². The van der Waals surface area contributed by atoms with E-state index >= 15 is 0 Å². The van der Waals surface area contributed by atoms with Crippen molar-refractivity contribution in [3.05, 3.63) is 71.4 Å². The fourth-order valence-electron chi connectivity index (χ4n) is 4.23. The van der Waals surface area contributed by atoms with Gasteiger partial charge in [-0.1, -0.05) is 6.07 Å². The summed E-state index contributed by atoms with van der Waals surface area (Å²) in [6.45, 7) is 1.57. The second-order valence-corrected chi connectivity index (χ2v) is 7.94. The van der Waals surface area contributed by atoms with Gasteiger partial charge in [0, 0.05) is 31.4 Å². The second-order valence-electron chi connectivity index (χ2n) is 7.94. The summed E-state index contributed by atoms with van der Waals surface area (Å²) in [4.78, 5) is 14.5. The van der Waals surface area contributed by atoms with E-state index in [0.29, 0.717) is 22.9 Å². The summed E-state index contributed by atoms with van der Waals surface area (Å²) in [6, 6.07) is 11.5. The molecule has 3 aromatic rings. The highest BCUT2D eigenvalue weighted by Gasteiger charge is 2.34. The minimum atomic E-state index is -0.637. The van der Waals surface area contributed by atoms with E-state index in [-0.39, 0.29) is 6.61 Å². The van der Waals surface area contributed by atoms with Crippen molar-refractivity contribution in [2.45, 2.75) is 32.0 Å². The van der Waals surface area contributed by atoms with Gasteiger partial charge in [0.15, 0.2) is 0 Å². The fraction of sp³-hybridized carbons (Fsp3) is 0.292. The number of methoxy groups -OCH3 is 1. The molecule has 1 fully saturated rings. The van der Waals surface area contributed by atoms with Crippen LogP contribution in [0.2, 0.25) is 0 Å². The molecule has 0 amide bonds. The molecule has 1 aliphatic heterocycles. The molecule has 2 aliphatic rings. The van der Waals surface area contributed by atoms with E-state index in [9.17, 15) is 13.6 Å². The first-order chi connectivity index (χ1) is 15.0. The first-order valence-corrected chi connectivity index (χ1v) is 10.3. The number of esters is 1. The van der Waals surface area contributed by atoms with Gasteiger partial charge in [-0.3, -0.25) is 0 Å². The van der Waals surface area contributed by atoms with E-state index in [1.165, 1.54) is 19.2 Å². The van der Waals surface area contributed by atoms with E-state index in [1.54, 1.807) is 6.20 Å². The van der Waals surface area contributed by atoms with Crippen LogP contribution in [0.15, 0.2) is 48.7 Å². The maximum Gasteiger partial charge on any atom is 0.339 e. The van der Waals surface area contributed by atoms with Gasteiger partial charge in [0.25, 0.3) is 0 Å². The standard InChI is InChI=1S/C24H22F2N2O3/c1-30-24(29)16-11-21-23-20(28(19-5-6-19)8-7-27(21)13-16)3-2-4-22(23)31-14-15-9-17(25)12-18(26)10-15/h2-4,9-13,19H,5-8,14H2,1H3. The summed E-state index contributed by atoms with van der Waals surface area (Å²) in [6.07, 6.45) is 4.10. The molecule has 0 N–H and O–H groups in total. The number of benzene rings is 2. The fourth-order valence-corrected chi connectivity index (χ4v) is 4.23. The number of hydrogen-bond donors (Lipinski definition) is 0. The number of carbonyl (C=O) groups is 1. The zero-order valence-corrected chi connectivity index (χ0v) is 17.1. The monoisotopic (exact) mass is 424 g/mol. The zero-order valence-electron chi connectivity index (χ0n) is 17.1. The lowest BCUT2D eigenvalue weighted by Gasteiger charge is -2.25. The molecule has 0 spiro atoms. The second kappa shape index (κ2) is 7.72. The van der Waals surface area contributed by atoms with Crippen LogP contribution in [0, 0.1) is 11.6 Å². The number of rotatable bonds is 5. The lowest BCUT2D eigenvalue weighted by atomic mass is 10.1. The van der Waals surface area contributed by atoms with Crippen LogP contribution >= 0.6 is 0 Å². The number of aromatic nitrogens is 1. The van der Waals surface area contributed by atoms with Gasteiger partial charge < -0.3 is 18.9 Å². The third-order valence-corrected chi connectivity index (χ3v) is 5.77. The predicted molar refractivity (Wildman–Crippen MR) is 112 cm³/mol. The molecule has 0 unspecified atom stereocenters. The highest BCUT2D eigenvalue weighted by atomic mass is 19.1. The highest BCUT2D eigenvalue weighted by molar-refractivity contribution is 5.93. The molecule has 0 saturated heterocycles. The number of halogens is 2. The van der Waals surface area contributed by atoms with Gasteiger partial charge in [-0.25, -0.2) is 13.6 Å². The predicted octanol–water partition coefficient (Wildman–Crippen LogP) is 4.78. The van der Waals surface area contributed by atoms with Gasteiger partial charge >= 0.3 is 5.97 Å². The van der Waals surface area contributed by atoms with Crippen molar-refractivity contribution in [3.63, 3.8) is 0 Å². The summed E-state index contributed by atoms with van der Waals surface area (Å²) in [5.41, 5.74) is 3.66. The van der Waals surface area contributed by atoms with Crippen LogP contribution in [0.4, 0.5) is 14.5 Å². The van der Waals surface area contributed by atoms with Crippen molar-refractivity contribution in [1.29, 1.82) is 0 Å². The number of anilines is 1. The Bertz CT molecular complexity index is 1130. The van der Waals surface area contributed by atoms with Crippen molar-refractivity contribution in [3.8, 4) is 17.0 Å². The van der Waals surface area contributed by atoms with Crippen molar-refractivity contribution in [2.75, 3.05) is 18.6 Å². The van der Waals surface area contributed by atoms with Crippen LogP contribution in [-0.4, -0.2) is 30.2 Å². The number of fused-ring (bicyclic) bond motifs is 3. The average molecular weight is 424 g/mol. The maximum absolute atomic E-state index is 13.6. The van der Waals surface area contributed by atoms with E-state index in [4.69, 9.17) is 9.47 Å². The van der Waals surface area contributed by atoms with Gasteiger partial charge in [0.2, 0.25) is 0 Å². The average Bonchev–Trinajstić information content (AvgIpc) is 3.52. The Morgan fingerprint density at radius 3 is 2.58 bits per heavy atom. The van der Waals surface area contributed by atoms with E-state index in [2.05, 4.69) is 11.0 Å². The Labute approximate surface area is 178 Å². The molecule has 2 aromatic carbocycles. The Morgan fingerprint density at radius 1 is 1.10 bits per heavy atom. The molecule has 1 saturated carbocycles. The quantitative estimate of drug-likeness (QED) is 0.553. The molecule has 31 heavy (non-hydrogen) atoms. The molecular weight excluding hydrogens is 402 g/mol. The Morgan fingerprint density at radius 2 is 1.87 bits per heavy atom. The molecule has 7 heteroatoms. The summed E-state index contributed by atoms with van der Waals surface area (Å²) in [5, 5.41) is 0. The minimum absolute atomic E-state index is 0.0269. The first kappa shape index (κ1) is 19.6. The third-order valence-electron chi connectivity index (χ3n) is 5.77. The summed E-state index contributed by atoms with van der Waals surface area (Å²) in [5.74, 6) is -1.07. The molecule has 1 aromatic heterocycles. The Kier molecular flexibility index (Phi) is 4.88. The van der Waals surface area contributed by atoms with Crippen LogP contribution in [0.3, 0.4) is 0 Å². The Balaban J connectivity index is 1.57. The third kappa shape index (κ3) is 3.76. The van der Waals surface area contributed by atoms with Crippen molar-refractivity contribution < 1.29 is 23.0 Å². The molecule has 5 nitrogen and oxygen atoms in total. The van der Waals surface area contributed by atoms with Crippen molar-refractivity contribution >= 4 is 11.7 Å². The number of ether oxygens (including phenoxy) is 2. The molecule has 1 aliphatic carbocycles. The van der Waals surface area contributed by atoms with Gasteiger partial charge in [-0.05, 0) is 48.7 Å². The minimum Gasteiger partial charge on any atom is -0.488 e. The normalized spacial score (nSPS) is 15.1. The van der Waals surface area contributed by atoms with E-state index in [0.717, 1.165) is 48.9 Å². The summed E-state index contributed by atoms with van der Waals surface area (Å²) >= 11 is 0. The van der Waals surface area contributed by atoms with Crippen LogP contribution in [0.5, 0.6) is 5.75 Å². The summed E-state index contributed by atoms with van der Waals surface area (Å²) < 4.78 is 40.2. The molecule has 0 radical (unpaired) electrons. The first-order valence-electron chi connectivity index (χ1n) is 10.3. The lowest BCUT2D eigenvalue weighted by molar-refractivity contribution is 0.0600. The number of carbonyl (C=O) groups excluding carboxylic acids is 1. The molecular formula is C24H22F2N2O3.